The van der Waals surface area contributed by atoms with Gasteiger partial charge in [0.25, 0.3) is 0 Å². The number of esters is 1. The summed E-state index contributed by atoms with van der Waals surface area (Å²) in [5.41, 5.74) is -0.662. The minimum Gasteiger partial charge on any atom is -0.481 e. The van der Waals surface area contributed by atoms with E-state index < -0.39 is 35.7 Å². The van der Waals surface area contributed by atoms with E-state index in [9.17, 15) is 30.2 Å². The van der Waals surface area contributed by atoms with Crippen molar-refractivity contribution in [2.24, 2.45) is 35.0 Å². The number of hydrogen-bond donors (Lipinski definition) is 3. The Morgan fingerprint density at radius 1 is 1.12 bits per heavy atom. The average Bonchev–Trinajstić information content (AvgIpc) is 3.44. The van der Waals surface area contributed by atoms with Gasteiger partial charge in [0.15, 0.2) is 0 Å². The molecule has 0 saturated heterocycles. The van der Waals surface area contributed by atoms with Gasteiger partial charge in [0, 0.05) is 12.3 Å². The topological polar surface area (TPSA) is 128 Å². The van der Waals surface area contributed by atoms with E-state index in [1.165, 1.54) is 0 Å². The van der Waals surface area contributed by atoms with E-state index in [1.54, 1.807) is 25.2 Å². The standard InChI is InChI=1S/C27H41NO6/c1-16-10-17(2)12-19(4)25(31)20(15-28)8-6-7-9-23(21-14-27(21,5)26(32)33)34-24(30)13-22(29)18(3)11-16/h6-8,16-19,21-23,25,29,31H,9-14H2,1-5H3,(H,32,33)/b7-6+,20-8+/t16-,17-,18+,19-,21-,22+,23-,25-,27-/m1/s1. The Hall–Kier alpha value is -2.17. The number of aliphatic hydroxyl groups is 2. The van der Waals surface area contributed by atoms with Crippen LogP contribution in [0, 0.1) is 46.3 Å². The van der Waals surface area contributed by atoms with Crippen LogP contribution in [0.1, 0.15) is 73.1 Å². The Kier molecular flexibility index (Phi) is 9.90. The van der Waals surface area contributed by atoms with Crippen LogP contribution in [0.25, 0.3) is 0 Å². The number of nitriles is 1. The van der Waals surface area contributed by atoms with Gasteiger partial charge < -0.3 is 20.1 Å². The SMILES string of the molecule is C[C@@H]1C[C@@H](C)C[C@H](C)[C@@H](O)CC(=O)O[C@@H]([C@H]2C[C@@]2(C)C(=O)O)C/C=C/C=C(\C#N)[C@H](O)[C@H](C)C1. The number of ether oxygens (including phenoxy) is 1. The zero-order chi connectivity index (χ0) is 25.6. The molecule has 190 valence electrons. The van der Waals surface area contributed by atoms with Gasteiger partial charge in [0.1, 0.15) is 6.10 Å². The number of carboxylic acid groups (broad SMARTS) is 1. The third-order valence-corrected chi connectivity index (χ3v) is 7.68. The molecule has 34 heavy (non-hydrogen) atoms. The minimum atomic E-state index is -0.937. The van der Waals surface area contributed by atoms with Crippen LogP contribution in [0.2, 0.25) is 0 Å². The number of rotatable bonds is 2. The van der Waals surface area contributed by atoms with E-state index >= 15 is 0 Å². The maximum absolute atomic E-state index is 12.6. The molecule has 2 aliphatic rings. The largest absolute Gasteiger partial charge is 0.481 e. The quantitative estimate of drug-likeness (QED) is 0.509. The highest BCUT2D eigenvalue weighted by Gasteiger charge is 2.60. The van der Waals surface area contributed by atoms with Crippen molar-refractivity contribution in [3.63, 3.8) is 0 Å². The lowest BCUT2D eigenvalue weighted by Gasteiger charge is -2.27. The molecule has 1 fully saturated rings. The molecular formula is C27H41NO6. The summed E-state index contributed by atoms with van der Waals surface area (Å²) in [6, 6.07) is 2.09. The molecule has 2 rings (SSSR count). The van der Waals surface area contributed by atoms with Crippen LogP contribution in [0.5, 0.6) is 0 Å². The molecule has 0 spiro atoms. The van der Waals surface area contributed by atoms with Crippen molar-refractivity contribution in [1.82, 2.24) is 0 Å². The fourth-order valence-electron chi connectivity index (χ4n) is 5.40. The van der Waals surface area contributed by atoms with Crippen LogP contribution in [0.3, 0.4) is 0 Å². The highest BCUT2D eigenvalue weighted by molar-refractivity contribution is 5.78. The summed E-state index contributed by atoms with van der Waals surface area (Å²) in [6.07, 6.45) is 5.66. The lowest BCUT2D eigenvalue weighted by atomic mass is 9.82. The Morgan fingerprint density at radius 3 is 2.29 bits per heavy atom. The molecular weight excluding hydrogens is 434 g/mol. The van der Waals surface area contributed by atoms with Gasteiger partial charge in [-0.25, -0.2) is 0 Å². The lowest BCUT2D eigenvalue weighted by molar-refractivity contribution is -0.155. The molecule has 1 aliphatic heterocycles. The molecule has 0 aromatic carbocycles. The summed E-state index contributed by atoms with van der Waals surface area (Å²) in [7, 11) is 0. The van der Waals surface area contributed by atoms with Crippen molar-refractivity contribution in [2.75, 3.05) is 0 Å². The van der Waals surface area contributed by atoms with E-state index in [-0.39, 0.29) is 29.7 Å². The van der Waals surface area contributed by atoms with Crippen molar-refractivity contribution in [2.45, 2.75) is 91.5 Å². The van der Waals surface area contributed by atoms with Crippen molar-refractivity contribution < 1.29 is 29.6 Å². The van der Waals surface area contributed by atoms with Crippen molar-refractivity contribution in [3.05, 3.63) is 23.8 Å². The first-order valence-electron chi connectivity index (χ1n) is 12.4. The van der Waals surface area contributed by atoms with E-state index in [2.05, 4.69) is 19.9 Å². The fraction of sp³-hybridized carbons (Fsp3) is 0.741. The smallest absolute Gasteiger partial charge is 0.309 e. The average molecular weight is 476 g/mol. The predicted molar refractivity (Wildman–Crippen MR) is 128 cm³/mol. The van der Waals surface area contributed by atoms with E-state index in [0.29, 0.717) is 24.7 Å². The molecule has 9 atom stereocenters. The molecule has 0 amide bonds. The number of nitrogens with zero attached hydrogens (tertiary/aromatic N) is 1. The second kappa shape index (κ2) is 12.0. The summed E-state index contributed by atoms with van der Waals surface area (Å²) in [5, 5.41) is 40.4. The van der Waals surface area contributed by atoms with E-state index in [0.717, 1.165) is 19.3 Å². The van der Waals surface area contributed by atoms with Crippen LogP contribution < -0.4 is 0 Å². The molecule has 1 aliphatic carbocycles. The molecule has 0 unspecified atom stereocenters. The van der Waals surface area contributed by atoms with Crippen LogP contribution in [-0.2, 0) is 14.3 Å². The second-order valence-electron chi connectivity index (χ2n) is 11.0. The lowest BCUT2D eigenvalue weighted by Crippen LogP contribution is -2.29. The summed E-state index contributed by atoms with van der Waals surface area (Å²) in [5.74, 6) is -1.28. The molecule has 7 heteroatoms. The summed E-state index contributed by atoms with van der Waals surface area (Å²) < 4.78 is 5.67. The number of carbonyl (C=O) groups excluding carboxylic acids is 1. The van der Waals surface area contributed by atoms with E-state index in [4.69, 9.17) is 4.74 Å². The van der Waals surface area contributed by atoms with E-state index in [1.807, 2.05) is 13.8 Å². The molecule has 1 saturated carbocycles. The maximum atomic E-state index is 12.6. The molecule has 0 aromatic rings. The van der Waals surface area contributed by atoms with Gasteiger partial charge in [0.2, 0.25) is 0 Å². The van der Waals surface area contributed by atoms with Gasteiger partial charge in [-0.1, -0.05) is 39.8 Å². The van der Waals surface area contributed by atoms with Crippen molar-refractivity contribution in [3.8, 4) is 6.07 Å². The van der Waals surface area contributed by atoms with Gasteiger partial charge >= 0.3 is 11.9 Å². The molecule has 1 heterocycles. The van der Waals surface area contributed by atoms with Crippen molar-refractivity contribution in [1.29, 1.82) is 5.26 Å². The third-order valence-electron chi connectivity index (χ3n) is 7.68. The molecule has 7 nitrogen and oxygen atoms in total. The van der Waals surface area contributed by atoms with Gasteiger partial charge in [-0.15, -0.1) is 0 Å². The first-order chi connectivity index (χ1) is 15.9. The zero-order valence-corrected chi connectivity index (χ0v) is 21.1. The number of carboxylic acids is 1. The van der Waals surface area contributed by atoms with Crippen LogP contribution in [0.4, 0.5) is 0 Å². The fourth-order valence-corrected chi connectivity index (χ4v) is 5.40. The monoisotopic (exact) mass is 475 g/mol. The number of aliphatic carboxylic acids is 1. The highest BCUT2D eigenvalue weighted by atomic mass is 16.5. The Labute approximate surface area is 203 Å². The molecule has 0 radical (unpaired) electrons. The summed E-state index contributed by atoms with van der Waals surface area (Å²) >= 11 is 0. The Morgan fingerprint density at radius 2 is 1.74 bits per heavy atom. The van der Waals surface area contributed by atoms with Gasteiger partial charge in [-0.05, 0) is 62.4 Å². The number of carbonyl (C=O) groups is 2. The normalized spacial score (nSPS) is 43.2. The number of hydrogen-bond acceptors (Lipinski definition) is 6. The van der Waals surface area contributed by atoms with Gasteiger partial charge in [-0.2, -0.15) is 5.26 Å². The third kappa shape index (κ3) is 7.41. The highest BCUT2D eigenvalue weighted by Crippen LogP contribution is 2.55. The van der Waals surface area contributed by atoms with Crippen LogP contribution >= 0.6 is 0 Å². The Balaban J connectivity index is 2.27. The number of cyclic esters (lactones) is 1. The summed E-state index contributed by atoms with van der Waals surface area (Å²) in [6.45, 7) is 9.78. The summed E-state index contributed by atoms with van der Waals surface area (Å²) in [4.78, 5) is 24.3. The van der Waals surface area contributed by atoms with Gasteiger partial charge in [-0.3, -0.25) is 9.59 Å². The molecule has 3 N–H and O–H groups in total. The van der Waals surface area contributed by atoms with Crippen LogP contribution in [0.15, 0.2) is 23.8 Å². The number of allylic oxidation sites excluding steroid dienone is 2. The van der Waals surface area contributed by atoms with Crippen molar-refractivity contribution >= 4 is 11.9 Å². The second-order valence-corrected chi connectivity index (χ2v) is 11.0. The number of aliphatic hydroxyl groups excluding tert-OH is 2. The first kappa shape index (κ1) is 28.1. The molecule has 0 aromatic heterocycles. The van der Waals surface area contributed by atoms with Crippen LogP contribution in [-0.4, -0.2) is 45.6 Å². The first-order valence-corrected chi connectivity index (χ1v) is 12.4. The zero-order valence-electron chi connectivity index (χ0n) is 21.1. The van der Waals surface area contributed by atoms with Gasteiger partial charge in [0.05, 0.1) is 35.7 Å². The Bertz CT molecular complexity index is 829. The maximum Gasteiger partial charge on any atom is 0.309 e. The minimum absolute atomic E-state index is 0.0835. The predicted octanol–water partition coefficient (Wildman–Crippen LogP) is 4.25. The molecule has 0 bridgehead atoms.